The lowest BCUT2D eigenvalue weighted by Crippen LogP contribution is -2.56. The van der Waals surface area contributed by atoms with Gasteiger partial charge in [-0.25, -0.2) is 0 Å². The highest BCUT2D eigenvalue weighted by atomic mass is 28.4. The van der Waals surface area contributed by atoms with Gasteiger partial charge in [0.15, 0.2) is 0 Å². The first-order valence-corrected chi connectivity index (χ1v) is 9.95. The topological polar surface area (TPSA) is 52.4 Å². The lowest BCUT2D eigenvalue weighted by molar-refractivity contribution is 0.0859. The van der Waals surface area contributed by atoms with Crippen molar-refractivity contribution in [2.45, 2.75) is 20.8 Å². The molecule has 0 N–H and O–H groups in total. The third-order valence-corrected chi connectivity index (χ3v) is 6.31. The quantitative estimate of drug-likeness (QED) is 0.502. The molecule has 0 unspecified atom stereocenters. The number of hydrogen-bond donors (Lipinski definition) is 0. The molecule has 2 aromatic carbocycles. The molecule has 0 aliphatic rings. The van der Waals surface area contributed by atoms with Crippen molar-refractivity contribution in [1.29, 1.82) is 0 Å². The molecule has 6 heteroatoms. The SMILES string of the molecule is CCO[Si](OCC)(OCC)c1ccc(/N=N/c2ccccc2)cc1. The summed E-state index contributed by atoms with van der Waals surface area (Å²) in [6, 6.07) is 17.4. The first kappa shape index (κ1) is 18.5. The second kappa shape index (κ2) is 9.44. The van der Waals surface area contributed by atoms with Crippen molar-refractivity contribution in [3.05, 3.63) is 54.6 Å². The summed E-state index contributed by atoms with van der Waals surface area (Å²) in [5.41, 5.74) is 1.60. The maximum Gasteiger partial charge on any atom is 0.537 e. The smallest absolute Gasteiger partial charge is 0.370 e. The van der Waals surface area contributed by atoms with Crippen LogP contribution in [0.5, 0.6) is 0 Å². The van der Waals surface area contributed by atoms with Gasteiger partial charge in [-0.15, -0.1) is 0 Å². The van der Waals surface area contributed by atoms with Gasteiger partial charge >= 0.3 is 8.80 Å². The zero-order valence-corrected chi connectivity index (χ0v) is 15.4. The van der Waals surface area contributed by atoms with Crippen molar-refractivity contribution in [1.82, 2.24) is 0 Å². The predicted molar refractivity (Wildman–Crippen MR) is 97.3 cm³/mol. The zero-order valence-electron chi connectivity index (χ0n) is 14.4. The van der Waals surface area contributed by atoms with E-state index in [1.807, 2.05) is 75.4 Å². The fourth-order valence-corrected chi connectivity index (χ4v) is 4.75. The highest BCUT2D eigenvalue weighted by Gasteiger charge is 2.43. The molecule has 24 heavy (non-hydrogen) atoms. The van der Waals surface area contributed by atoms with Crippen LogP contribution in [0.4, 0.5) is 11.4 Å². The van der Waals surface area contributed by atoms with Gasteiger partial charge in [0, 0.05) is 25.0 Å². The van der Waals surface area contributed by atoms with Crippen LogP contribution in [0.25, 0.3) is 0 Å². The van der Waals surface area contributed by atoms with Crippen LogP contribution in [0.15, 0.2) is 64.8 Å². The monoisotopic (exact) mass is 344 g/mol. The van der Waals surface area contributed by atoms with Crippen LogP contribution in [-0.4, -0.2) is 28.6 Å². The molecule has 0 aliphatic carbocycles. The Morgan fingerprint density at radius 1 is 0.667 bits per heavy atom. The molecule has 0 aliphatic heterocycles. The van der Waals surface area contributed by atoms with Crippen LogP contribution in [0.1, 0.15) is 20.8 Å². The Kier molecular flexibility index (Phi) is 7.26. The average molecular weight is 344 g/mol. The van der Waals surface area contributed by atoms with Gasteiger partial charge < -0.3 is 13.3 Å². The highest BCUT2D eigenvalue weighted by Crippen LogP contribution is 2.18. The maximum atomic E-state index is 5.91. The Bertz CT molecular complexity index is 615. The van der Waals surface area contributed by atoms with Gasteiger partial charge in [-0.3, -0.25) is 0 Å². The van der Waals surface area contributed by atoms with Crippen molar-refractivity contribution in [2.75, 3.05) is 19.8 Å². The minimum absolute atomic E-state index is 0.543. The highest BCUT2D eigenvalue weighted by molar-refractivity contribution is 6.75. The van der Waals surface area contributed by atoms with E-state index >= 15 is 0 Å². The minimum Gasteiger partial charge on any atom is -0.370 e. The standard InChI is InChI=1S/C18H24N2O3Si/c1-4-21-24(22-5-2,23-6-3)18-14-12-17(13-15-18)20-19-16-10-8-7-9-11-16/h7-15H,4-6H2,1-3H3/b20-19+. The van der Waals surface area contributed by atoms with Crippen molar-refractivity contribution in [3.63, 3.8) is 0 Å². The molecule has 2 aromatic rings. The van der Waals surface area contributed by atoms with E-state index in [1.54, 1.807) is 0 Å². The van der Waals surface area contributed by atoms with E-state index in [0.29, 0.717) is 19.8 Å². The Labute approximate surface area is 144 Å². The van der Waals surface area contributed by atoms with Crippen molar-refractivity contribution >= 4 is 25.4 Å². The maximum absolute atomic E-state index is 5.91. The molecule has 0 aromatic heterocycles. The Morgan fingerprint density at radius 2 is 1.12 bits per heavy atom. The summed E-state index contributed by atoms with van der Waals surface area (Å²) < 4.78 is 17.7. The second-order valence-electron chi connectivity index (χ2n) is 4.94. The van der Waals surface area contributed by atoms with Crippen LogP contribution < -0.4 is 5.19 Å². The van der Waals surface area contributed by atoms with Crippen LogP contribution in [-0.2, 0) is 13.3 Å². The Hall–Kier alpha value is -1.86. The number of rotatable bonds is 9. The van der Waals surface area contributed by atoms with Gasteiger partial charge in [-0.1, -0.05) is 30.3 Å². The summed E-state index contributed by atoms with van der Waals surface area (Å²) in [5, 5.41) is 9.41. The van der Waals surface area contributed by atoms with Crippen LogP contribution in [0.2, 0.25) is 0 Å². The molecular weight excluding hydrogens is 320 g/mol. The van der Waals surface area contributed by atoms with Crippen molar-refractivity contribution in [3.8, 4) is 0 Å². The summed E-state index contributed by atoms with van der Waals surface area (Å²) >= 11 is 0. The van der Waals surface area contributed by atoms with E-state index in [1.165, 1.54) is 0 Å². The zero-order chi connectivity index (χ0) is 17.3. The summed E-state index contributed by atoms with van der Waals surface area (Å²) in [6.07, 6.45) is 0. The predicted octanol–water partition coefficient (Wildman–Crippen LogP) is 4.36. The van der Waals surface area contributed by atoms with E-state index in [-0.39, 0.29) is 0 Å². The van der Waals surface area contributed by atoms with Gasteiger partial charge in [0.05, 0.1) is 11.4 Å². The number of azo groups is 1. The molecule has 0 heterocycles. The second-order valence-corrected chi connectivity index (χ2v) is 7.49. The molecule has 0 saturated heterocycles. The van der Waals surface area contributed by atoms with E-state index < -0.39 is 8.80 Å². The van der Waals surface area contributed by atoms with Crippen LogP contribution in [0, 0.1) is 0 Å². The van der Waals surface area contributed by atoms with Gasteiger partial charge in [0.1, 0.15) is 0 Å². The molecule has 0 saturated carbocycles. The number of nitrogens with zero attached hydrogens (tertiary/aromatic N) is 2. The first-order valence-electron chi connectivity index (χ1n) is 8.23. The fourth-order valence-electron chi connectivity index (χ4n) is 2.29. The Balaban J connectivity index is 2.20. The molecule has 0 fully saturated rings. The van der Waals surface area contributed by atoms with Gasteiger partial charge in [0.25, 0.3) is 0 Å². The van der Waals surface area contributed by atoms with Gasteiger partial charge in [0.2, 0.25) is 0 Å². The molecular formula is C18H24N2O3Si. The molecule has 0 bridgehead atoms. The molecule has 0 atom stereocenters. The lowest BCUT2D eigenvalue weighted by atomic mass is 10.3. The summed E-state index contributed by atoms with van der Waals surface area (Å²) in [5.74, 6) is 0. The minimum atomic E-state index is -2.85. The molecule has 5 nitrogen and oxygen atoms in total. The average Bonchev–Trinajstić information content (AvgIpc) is 2.62. The van der Waals surface area contributed by atoms with Gasteiger partial charge in [-0.2, -0.15) is 10.2 Å². The van der Waals surface area contributed by atoms with E-state index in [0.717, 1.165) is 16.6 Å². The molecule has 0 spiro atoms. The van der Waals surface area contributed by atoms with Gasteiger partial charge in [-0.05, 0) is 45.0 Å². The van der Waals surface area contributed by atoms with Crippen molar-refractivity contribution in [2.24, 2.45) is 10.2 Å². The third kappa shape index (κ3) is 4.81. The number of hydrogen-bond acceptors (Lipinski definition) is 5. The van der Waals surface area contributed by atoms with E-state index in [9.17, 15) is 0 Å². The van der Waals surface area contributed by atoms with Crippen LogP contribution >= 0.6 is 0 Å². The molecule has 0 radical (unpaired) electrons. The third-order valence-electron chi connectivity index (χ3n) is 3.26. The fraction of sp³-hybridized carbons (Fsp3) is 0.333. The normalized spacial score (nSPS) is 12.0. The molecule has 0 amide bonds. The summed E-state index contributed by atoms with van der Waals surface area (Å²) in [4.78, 5) is 0. The first-order chi connectivity index (χ1) is 11.7. The van der Waals surface area contributed by atoms with E-state index in [4.69, 9.17) is 13.3 Å². The molecule has 2 rings (SSSR count). The van der Waals surface area contributed by atoms with E-state index in [2.05, 4.69) is 10.2 Å². The Morgan fingerprint density at radius 3 is 1.58 bits per heavy atom. The number of benzene rings is 2. The van der Waals surface area contributed by atoms with Crippen LogP contribution in [0.3, 0.4) is 0 Å². The largest absolute Gasteiger partial charge is 0.537 e. The summed E-state index contributed by atoms with van der Waals surface area (Å²) in [6.45, 7) is 7.47. The lowest BCUT2D eigenvalue weighted by Gasteiger charge is -2.28. The molecule has 128 valence electrons. The summed E-state index contributed by atoms with van der Waals surface area (Å²) in [7, 11) is -2.85. The van der Waals surface area contributed by atoms with Crippen molar-refractivity contribution < 1.29 is 13.3 Å².